The molecule has 0 heterocycles. The molecule has 98 valence electrons. The number of rotatable bonds is 4. The Morgan fingerprint density at radius 2 is 2.00 bits per heavy atom. The lowest BCUT2D eigenvalue weighted by molar-refractivity contribution is 0.0514. The van der Waals surface area contributed by atoms with Gasteiger partial charge in [0.05, 0.1) is 6.04 Å². The summed E-state index contributed by atoms with van der Waals surface area (Å²) in [4.78, 5) is 11.6. The van der Waals surface area contributed by atoms with E-state index in [4.69, 9.17) is 4.74 Å². The van der Waals surface area contributed by atoms with E-state index in [9.17, 15) is 4.79 Å². The summed E-state index contributed by atoms with van der Waals surface area (Å²) in [5, 5.41) is 2.79. The standard InChI is InChI=1S/C15H21NO2/c1-5-13(11-12-9-7-6-8-10-12)16-14(17)18-15(2,3)4/h5-10,13H,1,11H2,2-4H3,(H,16,17). The lowest BCUT2D eigenvalue weighted by Crippen LogP contribution is -2.39. The van der Waals surface area contributed by atoms with E-state index in [0.717, 1.165) is 5.56 Å². The molecule has 0 spiro atoms. The number of hydrogen-bond donors (Lipinski definition) is 1. The Kier molecular flexibility index (Phi) is 4.95. The Hall–Kier alpha value is -1.77. The van der Waals surface area contributed by atoms with Crippen molar-refractivity contribution in [2.24, 2.45) is 0 Å². The molecule has 1 unspecified atom stereocenters. The second kappa shape index (κ2) is 6.24. The molecule has 1 rings (SSSR count). The van der Waals surface area contributed by atoms with Gasteiger partial charge in [-0.2, -0.15) is 0 Å². The lowest BCUT2D eigenvalue weighted by Gasteiger charge is -2.22. The number of hydrogen-bond acceptors (Lipinski definition) is 2. The Morgan fingerprint density at radius 1 is 1.39 bits per heavy atom. The van der Waals surface area contributed by atoms with E-state index in [2.05, 4.69) is 11.9 Å². The normalized spacial score (nSPS) is 12.6. The Labute approximate surface area is 109 Å². The Morgan fingerprint density at radius 3 is 2.50 bits per heavy atom. The van der Waals surface area contributed by atoms with Gasteiger partial charge in [0.2, 0.25) is 0 Å². The topological polar surface area (TPSA) is 38.3 Å². The van der Waals surface area contributed by atoms with Crippen molar-refractivity contribution in [1.29, 1.82) is 0 Å². The highest BCUT2D eigenvalue weighted by molar-refractivity contribution is 5.68. The number of alkyl carbamates (subject to hydrolysis) is 1. The smallest absolute Gasteiger partial charge is 0.408 e. The van der Waals surface area contributed by atoms with Gasteiger partial charge in [0.15, 0.2) is 0 Å². The van der Waals surface area contributed by atoms with Crippen LogP contribution in [0.15, 0.2) is 43.0 Å². The monoisotopic (exact) mass is 247 g/mol. The zero-order chi connectivity index (χ0) is 13.6. The number of amides is 1. The molecule has 1 aromatic carbocycles. The maximum absolute atomic E-state index is 11.6. The summed E-state index contributed by atoms with van der Waals surface area (Å²) >= 11 is 0. The quantitative estimate of drug-likeness (QED) is 0.829. The lowest BCUT2D eigenvalue weighted by atomic mass is 10.1. The summed E-state index contributed by atoms with van der Waals surface area (Å²) in [7, 11) is 0. The van der Waals surface area contributed by atoms with Crippen molar-refractivity contribution < 1.29 is 9.53 Å². The van der Waals surface area contributed by atoms with Crippen molar-refractivity contribution in [3.63, 3.8) is 0 Å². The molecule has 1 aromatic rings. The first-order chi connectivity index (χ1) is 8.40. The zero-order valence-corrected chi connectivity index (χ0v) is 11.3. The molecule has 0 aliphatic heterocycles. The van der Waals surface area contributed by atoms with Gasteiger partial charge in [-0.1, -0.05) is 36.4 Å². The van der Waals surface area contributed by atoms with Crippen LogP contribution in [0.5, 0.6) is 0 Å². The van der Waals surface area contributed by atoms with Crippen LogP contribution >= 0.6 is 0 Å². The highest BCUT2D eigenvalue weighted by atomic mass is 16.6. The molecule has 0 aliphatic carbocycles. The minimum Gasteiger partial charge on any atom is -0.444 e. The van der Waals surface area contributed by atoms with Gasteiger partial charge in [-0.3, -0.25) is 0 Å². The van der Waals surface area contributed by atoms with Gasteiger partial charge in [-0.15, -0.1) is 6.58 Å². The third-order valence-corrected chi connectivity index (χ3v) is 2.29. The highest BCUT2D eigenvalue weighted by Crippen LogP contribution is 2.08. The molecule has 0 radical (unpaired) electrons. The molecule has 0 bridgehead atoms. The molecule has 3 nitrogen and oxygen atoms in total. The van der Waals surface area contributed by atoms with Crippen LogP contribution < -0.4 is 5.32 Å². The van der Waals surface area contributed by atoms with Crippen LogP contribution in [0.2, 0.25) is 0 Å². The molecule has 1 N–H and O–H groups in total. The Bertz CT molecular complexity index is 393. The minimum absolute atomic E-state index is 0.123. The van der Waals surface area contributed by atoms with Crippen molar-refractivity contribution in [3.05, 3.63) is 48.6 Å². The van der Waals surface area contributed by atoms with Gasteiger partial charge in [0.1, 0.15) is 5.60 Å². The molecule has 3 heteroatoms. The SMILES string of the molecule is C=CC(Cc1ccccc1)NC(=O)OC(C)(C)C. The number of carbonyl (C=O) groups excluding carboxylic acids is 1. The van der Waals surface area contributed by atoms with Gasteiger partial charge < -0.3 is 10.1 Å². The first-order valence-electron chi connectivity index (χ1n) is 6.07. The fourth-order valence-corrected chi connectivity index (χ4v) is 1.52. The van der Waals surface area contributed by atoms with Gasteiger partial charge in [-0.25, -0.2) is 4.79 Å². The molecule has 0 aromatic heterocycles. The second-order valence-corrected chi connectivity index (χ2v) is 5.18. The molecule has 0 saturated carbocycles. The van der Waals surface area contributed by atoms with Crippen LogP contribution in [0.3, 0.4) is 0 Å². The minimum atomic E-state index is -0.484. The number of nitrogens with one attached hydrogen (secondary N) is 1. The molecule has 18 heavy (non-hydrogen) atoms. The highest BCUT2D eigenvalue weighted by Gasteiger charge is 2.18. The van der Waals surface area contributed by atoms with Gasteiger partial charge in [-0.05, 0) is 32.8 Å². The maximum atomic E-state index is 11.6. The van der Waals surface area contributed by atoms with Crippen LogP contribution in [-0.4, -0.2) is 17.7 Å². The average molecular weight is 247 g/mol. The second-order valence-electron chi connectivity index (χ2n) is 5.18. The van der Waals surface area contributed by atoms with E-state index in [1.807, 2.05) is 51.1 Å². The van der Waals surface area contributed by atoms with Crippen LogP contribution in [0.4, 0.5) is 4.79 Å². The number of carbonyl (C=O) groups is 1. The molecule has 0 fully saturated rings. The van der Waals surface area contributed by atoms with Gasteiger partial charge in [0, 0.05) is 0 Å². The maximum Gasteiger partial charge on any atom is 0.408 e. The average Bonchev–Trinajstić information content (AvgIpc) is 2.27. The molecule has 1 atom stereocenters. The summed E-state index contributed by atoms with van der Waals surface area (Å²) in [5.41, 5.74) is 0.668. The van der Waals surface area contributed by atoms with E-state index in [-0.39, 0.29) is 6.04 Å². The van der Waals surface area contributed by atoms with E-state index < -0.39 is 11.7 Å². The van der Waals surface area contributed by atoms with Crippen molar-refractivity contribution in [1.82, 2.24) is 5.32 Å². The van der Waals surface area contributed by atoms with Gasteiger partial charge in [0.25, 0.3) is 0 Å². The summed E-state index contributed by atoms with van der Waals surface area (Å²) in [5.74, 6) is 0. The van der Waals surface area contributed by atoms with Crippen LogP contribution in [0.1, 0.15) is 26.3 Å². The van der Waals surface area contributed by atoms with E-state index in [1.54, 1.807) is 6.08 Å². The van der Waals surface area contributed by atoms with E-state index >= 15 is 0 Å². The van der Waals surface area contributed by atoms with Crippen LogP contribution in [0, 0.1) is 0 Å². The predicted octanol–water partition coefficient (Wildman–Crippen LogP) is 3.31. The molecule has 1 amide bonds. The summed E-state index contributed by atoms with van der Waals surface area (Å²) in [6.07, 6.45) is 2.02. The Balaban J connectivity index is 2.53. The molecule has 0 saturated heterocycles. The van der Waals surface area contributed by atoms with Crippen molar-refractivity contribution in [2.45, 2.75) is 38.8 Å². The van der Waals surface area contributed by atoms with Gasteiger partial charge >= 0.3 is 6.09 Å². The largest absolute Gasteiger partial charge is 0.444 e. The van der Waals surface area contributed by atoms with Crippen molar-refractivity contribution in [3.8, 4) is 0 Å². The molecule has 0 aliphatic rings. The van der Waals surface area contributed by atoms with Crippen LogP contribution in [0.25, 0.3) is 0 Å². The van der Waals surface area contributed by atoms with Crippen molar-refractivity contribution in [2.75, 3.05) is 0 Å². The number of benzene rings is 1. The third kappa shape index (κ3) is 5.53. The number of ether oxygens (including phenoxy) is 1. The summed E-state index contributed by atoms with van der Waals surface area (Å²) in [6.45, 7) is 9.26. The predicted molar refractivity (Wildman–Crippen MR) is 73.5 cm³/mol. The zero-order valence-electron chi connectivity index (χ0n) is 11.3. The summed E-state index contributed by atoms with van der Waals surface area (Å²) < 4.78 is 5.21. The first-order valence-corrected chi connectivity index (χ1v) is 6.07. The fraction of sp³-hybridized carbons (Fsp3) is 0.400. The molecular weight excluding hydrogens is 226 g/mol. The summed E-state index contributed by atoms with van der Waals surface area (Å²) in [6, 6.07) is 9.84. The fourth-order valence-electron chi connectivity index (χ4n) is 1.52. The third-order valence-electron chi connectivity index (χ3n) is 2.29. The van der Waals surface area contributed by atoms with Crippen molar-refractivity contribution >= 4 is 6.09 Å². The van der Waals surface area contributed by atoms with E-state index in [1.165, 1.54) is 0 Å². The molecular formula is C15H21NO2. The first kappa shape index (κ1) is 14.3. The van der Waals surface area contributed by atoms with E-state index in [0.29, 0.717) is 6.42 Å². The van der Waals surface area contributed by atoms with Crippen LogP contribution in [-0.2, 0) is 11.2 Å².